The van der Waals surface area contributed by atoms with Crippen LogP contribution in [0, 0.1) is 17.7 Å². The molecule has 134 valence electrons. The Kier molecular flexibility index (Phi) is 4.11. The molecule has 0 radical (unpaired) electrons. The first-order valence-corrected chi connectivity index (χ1v) is 8.70. The van der Waals surface area contributed by atoms with E-state index in [4.69, 9.17) is 4.74 Å². The first-order chi connectivity index (χ1) is 12.0. The minimum atomic E-state index is -1.18. The van der Waals surface area contributed by atoms with E-state index in [1.54, 1.807) is 17.0 Å². The Morgan fingerprint density at radius 2 is 1.60 bits per heavy atom. The molecule has 0 N–H and O–H groups in total. The molecule has 3 aliphatic heterocycles. The highest BCUT2D eigenvalue weighted by Gasteiger charge is 2.53. The van der Waals surface area contributed by atoms with Crippen LogP contribution in [0.15, 0.2) is 24.3 Å². The minimum absolute atomic E-state index is 0.139. The normalized spacial score (nSPS) is 31.4. The Bertz CT molecular complexity index is 672. The predicted molar refractivity (Wildman–Crippen MR) is 85.1 cm³/mol. The third-order valence-corrected chi connectivity index (χ3v) is 5.61. The van der Waals surface area contributed by atoms with E-state index in [1.807, 2.05) is 0 Å². The highest BCUT2D eigenvalue weighted by atomic mass is 19.1. The van der Waals surface area contributed by atoms with Crippen molar-refractivity contribution < 1.29 is 23.8 Å². The van der Waals surface area contributed by atoms with Crippen molar-refractivity contribution in [3.05, 3.63) is 30.1 Å². The number of carboxylic acid groups (broad SMARTS) is 1. The maximum absolute atomic E-state index is 13.0. The minimum Gasteiger partial charge on any atom is -0.550 e. The molecule has 4 atom stereocenters. The van der Waals surface area contributed by atoms with E-state index < -0.39 is 17.8 Å². The van der Waals surface area contributed by atoms with Gasteiger partial charge in [0, 0.05) is 43.8 Å². The summed E-state index contributed by atoms with van der Waals surface area (Å²) in [5.41, 5.74) is 0.921. The van der Waals surface area contributed by atoms with Crippen molar-refractivity contribution in [1.29, 1.82) is 0 Å². The van der Waals surface area contributed by atoms with Crippen molar-refractivity contribution in [1.82, 2.24) is 4.90 Å². The lowest BCUT2D eigenvalue weighted by Crippen LogP contribution is -2.54. The summed E-state index contributed by atoms with van der Waals surface area (Å²) >= 11 is 0. The molecule has 0 unspecified atom stereocenters. The van der Waals surface area contributed by atoms with Gasteiger partial charge in [0.1, 0.15) is 5.82 Å². The number of nitrogens with zero attached hydrogens (tertiary/aromatic N) is 2. The van der Waals surface area contributed by atoms with Gasteiger partial charge < -0.3 is 24.4 Å². The highest BCUT2D eigenvalue weighted by Crippen LogP contribution is 2.44. The van der Waals surface area contributed by atoms with Crippen molar-refractivity contribution in [2.45, 2.75) is 25.0 Å². The maximum Gasteiger partial charge on any atom is 0.229 e. The maximum atomic E-state index is 13.0. The molecule has 0 spiro atoms. The van der Waals surface area contributed by atoms with Crippen molar-refractivity contribution in [3.63, 3.8) is 0 Å². The van der Waals surface area contributed by atoms with Gasteiger partial charge in [0.2, 0.25) is 5.91 Å². The smallest absolute Gasteiger partial charge is 0.229 e. The number of piperazine rings is 1. The third-order valence-electron chi connectivity index (χ3n) is 5.61. The predicted octanol–water partition coefficient (Wildman–Crippen LogP) is 0.0178. The average molecular weight is 347 g/mol. The fourth-order valence-electron chi connectivity index (χ4n) is 4.34. The zero-order valence-electron chi connectivity index (χ0n) is 13.8. The fourth-order valence-corrected chi connectivity index (χ4v) is 4.34. The van der Waals surface area contributed by atoms with Gasteiger partial charge in [-0.3, -0.25) is 4.79 Å². The van der Waals surface area contributed by atoms with E-state index in [9.17, 15) is 19.1 Å². The lowest BCUT2D eigenvalue weighted by Gasteiger charge is -2.39. The summed E-state index contributed by atoms with van der Waals surface area (Å²) in [6.07, 6.45) is 0.742. The highest BCUT2D eigenvalue weighted by molar-refractivity contribution is 5.86. The summed E-state index contributed by atoms with van der Waals surface area (Å²) in [6, 6.07) is 6.29. The van der Waals surface area contributed by atoms with E-state index in [1.165, 1.54) is 12.1 Å². The molecule has 0 aliphatic carbocycles. The van der Waals surface area contributed by atoms with E-state index >= 15 is 0 Å². The molecule has 3 heterocycles. The van der Waals surface area contributed by atoms with Crippen molar-refractivity contribution >= 4 is 17.6 Å². The van der Waals surface area contributed by atoms with Crippen molar-refractivity contribution in [2.75, 3.05) is 31.1 Å². The van der Waals surface area contributed by atoms with Gasteiger partial charge in [0.05, 0.1) is 18.1 Å². The molecule has 0 aromatic heterocycles. The number of fused-ring (bicyclic) bond motifs is 2. The Hall–Kier alpha value is -2.15. The first kappa shape index (κ1) is 16.3. The van der Waals surface area contributed by atoms with Crippen LogP contribution in [0.3, 0.4) is 0 Å². The summed E-state index contributed by atoms with van der Waals surface area (Å²) < 4.78 is 18.7. The molecule has 3 saturated heterocycles. The van der Waals surface area contributed by atoms with Crippen LogP contribution in [0.5, 0.6) is 0 Å². The fraction of sp³-hybridized carbons (Fsp3) is 0.556. The van der Waals surface area contributed by atoms with Gasteiger partial charge >= 0.3 is 0 Å². The third kappa shape index (κ3) is 2.86. The van der Waals surface area contributed by atoms with E-state index in [0.29, 0.717) is 32.6 Å². The SMILES string of the molecule is O=C([O-])[C@@H]1[C@@H](C(=O)N2CCN(c3ccc(F)cc3)CC2)[C@H]2CC[C@@H]1O2. The Morgan fingerprint density at radius 3 is 2.20 bits per heavy atom. The van der Waals surface area contributed by atoms with Crippen LogP contribution in [0.2, 0.25) is 0 Å². The molecular weight excluding hydrogens is 327 g/mol. The van der Waals surface area contributed by atoms with Gasteiger partial charge in [-0.15, -0.1) is 0 Å². The van der Waals surface area contributed by atoms with Gasteiger partial charge in [0.25, 0.3) is 0 Å². The quantitative estimate of drug-likeness (QED) is 0.771. The monoisotopic (exact) mass is 347 g/mol. The summed E-state index contributed by atoms with van der Waals surface area (Å²) in [6.45, 7) is 2.30. The van der Waals surface area contributed by atoms with Gasteiger partial charge in [-0.2, -0.15) is 0 Å². The molecule has 4 rings (SSSR count). The van der Waals surface area contributed by atoms with Gasteiger partial charge in [-0.25, -0.2) is 4.39 Å². The molecule has 2 bridgehead atoms. The molecule has 1 amide bonds. The number of anilines is 1. The zero-order chi connectivity index (χ0) is 17.6. The molecule has 1 aromatic carbocycles. The summed E-state index contributed by atoms with van der Waals surface area (Å²) in [5, 5.41) is 11.5. The van der Waals surface area contributed by atoms with Crippen LogP contribution >= 0.6 is 0 Å². The number of halogens is 1. The van der Waals surface area contributed by atoms with E-state index in [2.05, 4.69) is 4.90 Å². The Balaban J connectivity index is 1.41. The van der Waals surface area contributed by atoms with Crippen LogP contribution in [0.4, 0.5) is 10.1 Å². The lowest BCUT2D eigenvalue weighted by molar-refractivity contribution is -0.314. The summed E-state index contributed by atoms with van der Waals surface area (Å²) in [4.78, 5) is 28.2. The molecule has 0 saturated carbocycles. The number of rotatable bonds is 3. The second kappa shape index (κ2) is 6.29. The van der Waals surface area contributed by atoms with Crippen molar-refractivity contribution in [2.24, 2.45) is 11.8 Å². The molecule has 25 heavy (non-hydrogen) atoms. The van der Waals surface area contributed by atoms with Crippen LogP contribution < -0.4 is 10.0 Å². The number of carboxylic acids is 1. The largest absolute Gasteiger partial charge is 0.550 e. The van der Waals surface area contributed by atoms with Crippen LogP contribution in [-0.4, -0.2) is 55.2 Å². The molecule has 3 aliphatic rings. The standard InChI is InChI=1S/C18H21FN2O4/c19-11-1-3-12(4-2-11)20-7-9-21(10-8-20)17(22)15-13-5-6-14(25-13)16(15)18(23)24/h1-4,13-16H,5-10H2,(H,23,24)/p-1/t13-,14+,15+,16+/m1/s1. The number of aliphatic carboxylic acids is 1. The number of carbonyl (C=O) groups is 2. The van der Waals surface area contributed by atoms with E-state index in [0.717, 1.165) is 12.1 Å². The van der Waals surface area contributed by atoms with Crippen molar-refractivity contribution in [3.8, 4) is 0 Å². The number of benzene rings is 1. The topological polar surface area (TPSA) is 72.9 Å². The number of hydrogen-bond acceptors (Lipinski definition) is 5. The number of amides is 1. The van der Waals surface area contributed by atoms with E-state index in [-0.39, 0.29) is 23.9 Å². The Labute approximate surface area is 145 Å². The molecule has 7 heteroatoms. The zero-order valence-corrected chi connectivity index (χ0v) is 13.8. The second-order valence-electron chi connectivity index (χ2n) is 6.95. The number of ether oxygens (including phenoxy) is 1. The first-order valence-electron chi connectivity index (χ1n) is 8.70. The van der Waals surface area contributed by atoms with Gasteiger partial charge in [-0.05, 0) is 37.1 Å². The Morgan fingerprint density at radius 1 is 1.00 bits per heavy atom. The summed E-state index contributed by atoms with van der Waals surface area (Å²) in [5.74, 6) is -3.06. The van der Waals surface area contributed by atoms with Crippen LogP contribution in [0.1, 0.15) is 12.8 Å². The lowest BCUT2D eigenvalue weighted by atomic mass is 9.78. The van der Waals surface area contributed by atoms with Gasteiger partial charge in [-0.1, -0.05) is 0 Å². The van der Waals surface area contributed by atoms with Gasteiger partial charge in [0.15, 0.2) is 0 Å². The molecule has 6 nitrogen and oxygen atoms in total. The summed E-state index contributed by atoms with van der Waals surface area (Å²) in [7, 11) is 0. The molecule has 1 aromatic rings. The second-order valence-corrected chi connectivity index (χ2v) is 6.95. The number of hydrogen-bond donors (Lipinski definition) is 0. The molecular formula is C18H20FN2O4-. The molecule has 3 fully saturated rings. The van der Waals surface area contributed by atoms with Crippen LogP contribution in [0.25, 0.3) is 0 Å². The average Bonchev–Trinajstić information content (AvgIpc) is 3.23. The number of carbonyl (C=O) groups excluding carboxylic acids is 2. The van der Waals surface area contributed by atoms with Crippen LogP contribution in [-0.2, 0) is 14.3 Å².